The number of nitrogens with zero attached hydrogens (tertiary/aromatic N) is 5. The third-order valence-corrected chi connectivity index (χ3v) is 3.16. The average Bonchev–Trinajstić information content (AvgIpc) is 2.78. The number of guanidine groups is 1. The second-order valence-corrected chi connectivity index (χ2v) is 4.58. The van der Waals surface area contributed by atoms with Gasteiger partial charge >= 0.3 is 0 Å². The van der Waals surface area contributed by atoms with Crippen LogP contribution in [0.3, 0.4) is 0 Å². The molecule has 1 aromatic heterocycles. The lowest BCUT2D eigenvalue weighted by Gasteiger charge is -2.05. The van der Waals surface area contributed by atoms with Crippen LogP contribution in [0.15, 0.2) is 16.4 Å². The molecule has 0 aliphatic carbocycles. The molecule has 1 aromatic rings. The first-order valence-electron chi connectivity index (χ1n) is 5.31. The minimum absolute atomic E-state index is 0.133. The number of H-pyrrole nitrogens is 1. The molecule has 0 saturated carbocycles. The molecule has 8 heteroatoms. The average molecular weight is 265 g/mol. The summed E-state index contributed by atoms with van der Waals surface area (Å²) in [4.78, 5) is 12.5. The molecule has 0 bridgehead atoms. The third kappa shape index (κ3) is 4.18. The fourth-order valence-corrected chi connectivity index (χ4v) is 2.02. The number of nitrogens with one attached hydrogen (secondary N) is 2. The van der Waals surface area contributed by atoms with Crippen molar-refractivity contribution in [2.24, 2.45) is 10.1 Å². The molecule has 0 spiro atoms. The van der Waals surface area contributed by atoms with E-state index in [-0.39, 0.29) is 5.96 Å². The fourth-order valence-electron chi connectivity index (χ4n) is 1.17. The van der Waals surface area contributed by atoms with E-state index in [2.05, 4.69) is 20.1 Å². The van der Waals surface area contributed by atoms with E-state index in [1.807, 2.05) is 13.1 Å². The van der Waals surface area contributed by atoms with Gasteiger partial charge in [-0.15, -0.1) is 5.11 Å². The number of nitriles is 1. The molecule has 96 valence electrons. The normalized spacial score (nSPS) is 11.1. The number of aromatic nitrogens is 2. The highest BCUT2D eigenvalue weighted by molar-refractivity contribution is 7.98. The van der Waals surface area contributed by atoms with Gasteiger partial charge in [0.15, 0.2) is 6.19 Å². The van der Waals surface area contributed by atoms with Crippen molar-refractivity contribution in [2.75, 3.05) is 19.3 Å². The smallest absolute Gasteiger partial charge is 0.252 e. The number of thioether (sulfide) groups is 1. The maximum absolute atomic E-state index is 8.63. The summed E-state index contributed by atoms with van der Waals surface area (Å²) in [5, 5.41) is 11.8. The van der Waals surface area contributed by atoms with Gasteiger partial charge in [0, 0.05) is 24.2 Å². The van der Waals surface area contributed by atoms with Crippen LogP contribution in [0.2, 0.25) is 0 Å². The van der Waals surface area contributed by atoms with Crippen LogP contribution in [0.4, 0.5) is 0 Å². The van der Waals surface area contributed by atoms with Gasteiger partial charge in [-0.1, -0.05) is 0 Å². The summed E-state index contributed by atoms with van der Waals surface area (Å²) in [5.41, 5.74) is 9.02. The predicted molar refractivity (Wildman–Crippen MR) is 70.3 cm³/mol. The van der Waals surface area contributed by atoms with Gasteiger partial charge in [-0.2, -0.15) is 17.0 Å². The van der Waals surface area contributed by atoms with E-state index in [9.17, 15) is 0 Å². The molecule has 0 saturated heterocycles. The molecule has 0 aromatic carbocycles. The molecule has 18 heavy (non-hydrogen) atoms. The van der Waals surface area contributed by atoms with Gasteiger partial charge in [-0.3, -0.25) is 0 Å². The van der Waals surface area contributed by atoms with Gasteiger partial charge in [0.25, 0.3) is 5.96 Å². The number of imidazole rings is 1. The SMILES string of the molecule is Cc1[nH]cnc1CSCCN=C(N=N)N(C)C#N. The molecule has 0 atom stereocenters. The van der Waals surface area contributed by atoms with Gasteiger partial charge in [0.1, 0.15) is 0 Å². The van der Waals surface area contributed by atoms with Crippen LogP contribution >= 0.6 is 11.8 Å². The topological polar surface area (TPSA) is 104 Å². The van der Waals surface area contributed by atoms with Crippen LogP contribution in [0.25, 0.3) is 0 Å². The van der Waals surface area contributed by atoms with E-state index in [0.717, 1.165) is 27.8 Å². The first kappa shape index (κ1) is 14.2. The molecule has 0 aliphatic rings. The van der Waals surface area contributed by atoms with Gasteiger partial charge in [-0.25, -0.2) is 20.4 Å². The third-order valence-electron chi connectivity index (χ3n) is 2.21. The Hall–Kier alpha value is -1.88. The van der Waals surface area contributed by atoms with Crippen molar-refractivity contribution >= 4 is 17.7 Å². The number of aliphatic imine (C=N–C) groups is 1. The quantitative estimate of drug-likeness (QED) is 0.211. The van der Waals surface area contributed by atoms with Crippen molar-refractivity contribution in [3.63, 3.8) is 0 Å². The van der Waals surface area contributed by atoms with Gasteiger partial charge in [-0.05, 0) is 6.92 Å². The van der Waals surface area contributed by atoms with E-state index in [1.165, 1.54) is 7.05 Å². The summed E-state index contributed by atoms with van der Waals surface area (Å²) in [7, 11) is 1.52. The molecular formula is C10H15N7S. The van der Waals surface area contributed by atoms with Crippen molar-refractivity contribution in [2.45, 2.75) is 12.7 Å². The van der Waals surface area contributed by atoms with Crippen LogP contribution in [0.5, 0.6) is 0 Å². The summed E-state index contributed by atoms with van der Waals surface area (Å²) in [6.07, 6.45) is 3.54. The molecule has 2 N–H and O–H groups in total. The fraction of sp³-hybridized carbons (Fsp3) is 0.500. The highest BCUT2D eigenvalue weighted by Crippen LogP contribution is 2.12. The first-order chi connectivity index (χ1) is 8.69. The Morgan fingerprint density at radius 3 is 3.06 bits per heavy atom. The zero-order chi connectivity index (χ0) is 13.4. The van der Waals surface area contributed by atoms with Crippen molar-refractivity contribution in [3.8, 4) is 6.19 Å². The molecule has 1 heterocycles. The maximum atomic E-state index is 8.63. The van der Waals surface area contributed by atoms with Crippen molar-refractivity contribution < 1.29 is 0 Å². The summed E-state index contributed by atoms with van der Waals surface area (Å²) in [6, 6.07) is 0. The lowest BCUT2D eigenvalue weighted by atomic mass is 10.4. The number of aromatic amines is 1. The minimum Gasteiger partial charge on any atom is -0.348 e. The van der Waals surface area contributed by atoms with Gasteiger partial charge in [0.05, 0.1) is 18.6 Å². The molecular weight excluding hydrogens is 250 g/mol. The second kappa shape index (κ2) is 7.45. The van der Waals surface area contributed by atoms with Gasteiger partial charge < -0.3 is 4.98 Å². The van der Waals surface area contributed by atoms with Crippen LogP contribution in [-0.2, 0) is 5.75 Å². The lowest BCUT2D eigenvalue weighted by molar-refractivity contribution is 0.685. The Kier molecular flexibility index (Phi) is 5.87. The Labute approximate surface area is 110 Å². The highest BCUT2D eigenvalue weighted by atomic mass is 32.2. The Balaban J connectivity index is 2.30. The first-order valence-corrected chi connectivity index (χ1v) is 6.46. The summed E-state index contributed by atoms with van der Waals surface area (Å²) >= 11 is 1.70. The van der Waals surface area contributed by atoms with E-state index < -0.39 is 0 Å². The number of aryl methyl sites for hydroxylation is 1. The van der Waals surface area contributed by atoms with E-state index in [4.69, 9.17) is 10.8 Å². The number of hydrogen-bond donors (Lipinski definition) is 2. The Bertz CT molecular complexity index is 459. The molecule has 0 unspecified atom stereocenters. The van der Waals surface area contributed by atoms with Gasteiger partial charge in [0.2, 0.25) is 0 Å². The van der Waals surface area contributed by atoms with Crippen molar-refractivity contribution in [1.29, 1.82) is 10.8 Å². The molecule has 7 nitrogen and oxygen atoms in total. The van der Waals surface area contributed by atoms with Crippen LogP contribution < -0.4 is 0 Å². The lowest BCUT2D eigenvalue weighted by Crippen LogP contribution is -2.19. The van der Waals surface area contributed by atoms with E-state index >= 15 is 0 Å². The number of rotatable bonds is 5. The zero-order valence-corrected chi connectivity index (χ0v) is 11.2. The molecule has 0 aliphatic heterocycles. The van der Waals surface area contributed by atoms with Crippen molar-refractivity contribution in [1.82, 2.24) is 14.9 Å². The maximum Gasteiger partial charge on any atom is 0.252 e. The number of hydrogen-bond acceptors (Lipinski definition) is 5. The largest absolute Gasteiger partial charge is 0.348 e. The van der Waals surface area contributed by atoms with Crippen LogP contribution in [0, 0.1) is 23.9 Å². The van der Waals surface area contributed by atoms with Crippen molar-refractivity contribution in [3.05, 3.63) is 17.7 Å². The summed E-state index contributed by atoms with van der Waals surface area (Å²) in [6.45, 7) is 2.51. The monoisotopic (exact) mass is 265 g/mol. The standard InChI is InChI=1S/C10H15N7S/c1-8-9(15-7-14-8)5-18-4-3-13-10(16-12)17(2)6-11/h7,12H,3-5H2,1-2H3,(H,14,15). The Morgan fingerprint density at radius 1 is 1.72 bits per heavy atom. The molecule has 0 fully saturated rings. The molecule has 0 amide bonds. The summed E-state index contributed by atoms with van der Waals surface area (Å²) in [5.74, 6) is 1.76. The minimum atomic E-state index is 0.133. The second-order valence-electron chi connectivity index (χ2n) is 3.48. The van der Waals surface area contributed by atoms with Crippen LogP contribution in [-0.4, -0.2) is 40.2 Å². The van der Waals surface area contributed by atoms with E-state index in [1.54, 1.807) is 18.1 Å². The van der Waals surface area contributed by atoms with E-state index in [0.29, 0.717) is 6.54 Å². The molecule has 0 radical (unpaired) electrons. The van der Waals surface area contributed by atoms with Crippen LogP contribution in [0.1, 0.15) is 11.4 Å². The zero-order valence-electron chi connectivity index (χ0n) is 10.3. The molecule has 1 rings (SSSR count). The summed E-state index contributed by atoms with van der Waals surface area (Å²) < 4.78 is 0. The predicted octanol–water partition coefficient (Wildman–Crippen LogP) is 1.75. The Morgan fingerprint density at radius 2 is 2.50 bits per heavy atom. The highest BCUT2D eigenvalue weighted by Gasteiger charge is 2.03.